The van der Waals surface area contributed by atoms with Gasteiger partial charge in [-0.2, -0.15) is 4.31 Å². The standard InChI is InChI=1S/C22H25ClN2O6S/c1-3-31-22(27)15-6-9-18(10-7-15)24-21(26)16-5-4-12-25(14-16)32(28,29)20-13-17(23)8-11-19(20)30-2/h6-11,13,16H,3-5,12,14H2,1-2H3,(H,24,26)/t16-/m0/s1. The highest BCUT2D eigenvalue weighted by atomic mass is 35.5. The van der Waals surface area contributed by atoms with E-state index < -0.39 is 21.9 Å². The second-order valence-corrected chi connectivity index (χ2v) is 9.63. The molecule has 0 unspecified atom stereocenters. The summed E-state index contributed by atoms with van der Waals surface area (Å²) in [6, 6.07) is 10.8. The van der Waals surface area contributed by atoms with Gasteiger partial charge in [0.15, 0.2) is 0 Å². The number of sulfonamides is 1. The highest BCUT2D eigenvalue weighted by Gasteiger charge is 2.35. The molecule has 2 aromatic carbocycles. The maximum absolute atomic E-state index is 13.2. The summed E-state index contributed by atoms with van der Waals surface area (Å²) in [7, 11) is -2.50. The smallest absolute Gasteiger partial charge is 0.338 e. The van der Waals surface area contributed by atoms with Gasteiger partial charge in [-0.1, -0.05) is 11.6 Å². The van der Waals surface area contributed by atoms with Gasteiger partial charge in [-0.05, 0) is 62.2 Å². The minimum Gasteiger partial charge on any atom is -0.495 e. The summed E-state index contributed by atoms with van der Waals surface area (Å²) >= 11 is 6.00. The van der Waals surface area contributed by atoms with Crippen LogP contribution < -0.4 is 10.1 Å². The van der Waals surface area contributed by atoms with E-state index in [-0.39, 0.29) is 34.7 Å². The lowest BCUT2D eigenvalue weighted by atomic mass is 9.98. The summed E-state index contributed by atoms with van der Waals surface area (Å²) in [4.78, 5) is 24.5. The normalized spacial score (nSPS) is 16.9. The Labute approximate surface area is 192 Å². The fourth-order valence-corrected chi connectivity index (χ4v) is 5.46. The minimum atomic E-state index is -3.89. The lowest BCUT2D eigenvalue weighted by Crippen LogP contribution is -2.43. The van der Waals surface area contributed by atoms with Gasteiger partial charge in [0.2, 0.25) is 15.9 Å². The molecule has 1 amide bonds. The summed E-state index contributed by atoms with van der Waals surface area (Å²) in [5.41, 5.74) is 0.898. The van der Waals surface area contributed by atoms with E-state index in [9.17, 15) is 18.0 Å². The first kappa shape index (κ1) is 24.0. The van der Waals surface area contributed by atoms with Crippen molar-refractivity contribution in [1.29, 1.82) is 0 Å². The Balaban J connectivity index is 1.71. The number of nitrogens with zero attached hydrogens (tertiary/aromatic N) is 1. The molecule has 1 heterocycles. The second-order valence-electron chi connectivity index (χ2n) is 7.28. The molecule has 0 radical (unpaired) electrons. The van der Waals surface area contributed by atoms with E-state index in [0.29, 0.717) is 30.6 Å². The van der Waals surface area contributed by atoms with E-state index in [2.05, 4.69) is 5.32 Å². The third-order valence-corrected chi connectivity index (χ3v) is 7.28. The van der Waals surface area contributed by atoms with E-state index in [1.54, 1.807) is 37.3 Å². The third-order valence-electron chi connectivity index (χ3n) is 5.16. The quantitative estimate of drug-likeness (QED) is 0.608. The summed E-state index contributed by atoms with van der Waals surface area (Å²) < 4.78 is 37.9. The maximum atomic E-state index is 13.2. The number of carbonyl (C=O) groups is 2. The van der Waals surface area contributed by atoms with Crippen molar-refractivity contribution in [2.45, 2.75) is 24.7 Å². The highest BCUT2D eigenvalue weighted by Crippen LogP contribution is 2.32. The molecule has 2 aromatic rings. The first-order valence-corrected chi connectivity index (χ1v) is 12.0. The van der Waals surface area contributed by atoms with Gasteiger partial charge in [-0.25, -0.2) is 13.2 Å². The molecule has 8 nitrogen and oxygen atoms in total. The number of anilines is 1. The molecule has 0 bridgehead atoms. The number of carbonyl (C=O) groups excluding carboxylic acids is 2. The lowest BCUT2D eigenvalue weighted by Gasteiger charge is -2.31. The molecule has 1 saturated heterocycles. The molecule has 172 valence electrons. The molecule has 1 aliphatic heterocycles. The van der Waals surface area contributed by atoms with Crippen molar-refractivity contribution < 1.29 is 27.5 Å². The van der Waals surface area contributed by atoms with Crippen molar-refractivity contribution in [3.8, 4) is 5.75 Å². The average molecular weight is 481 g/mol. The Morgan fingerprint density at radius 2 is 1.91 bits per heavy atom. The average Bonchev–Trinajstić information content (AvgIpc) is 2.79. The molecule has 1 N–H and O–H groups in total. The first-order chi connectivity index (χ1) is 15.3. The predicted molar refractivity (Wildman–Crippen MR) is 121 cm³/mol. The zero-order valence-electron chi connectivity index (χ0n) is 17.8. The van der Waals surface area contributed by atoms with Gasteiger partial charge in [0.1, 0.15) is 10.6 Å². The van der Waals surface area contributed by atoms with Crippen LogP contribution in [-0.2, 0) is 19.6 Å². The van der Waals surface area contributed by atoms with Gasteiger partial charge in [0.25, 0.3) is 0 Å². The molecule has 32 heavy (non-hydrogen) atoms. The molecule has 3 rings (SSSR count). The van der Waals surface area contributed by atoms with Gasteiger partial charge in [-0.3, -0.25) is 4.79 Å². The largest absolute Gasteiger partial charge is 0.495 e. The molecular formula is C22H25ClN2O6S. The van der Waals surface area contributed by atoms with Gasteiger partial charge >= 0.3 is 5.97 Å². The number of esters is 1. The molecule has 10 heteroatoms. The Bertz CT molecular complexity index is 1090. The molecule has 1 atom stereocenters. The molecule has 0 aromatic heterocycles. The van der Waals surface area contributed by atoms with Crippen LogP contribution in [0.3, 0.4) is 0 Å². The van der Waals surface area contributed by atoms with E-state index in [0.717, 1.165) is 0 Å². The number of methoxy groups -OCH3 is 1. The number of ether oxygens (including phenoxy) is 2. The third kappa shape index (κ3) is 5.40. The highest BCUT2D eigenvalue weighted by molar-refractivity contribution is 7.89. The number of piperidine rings is 1. The van der Waals surface area contributed by atoms with Crippen molar-refractivity contribution in [3.63, 3.8) is 0 Å². The molecule has 0 spiro atoms. The van der Waals surface area contributed by atoms with Crippen LogP contribution in [0.2, 0.25) is 5.02 Å². The van der Waals surface area contributed by atoms with E-state index in [1.807, 2.05) is 0 Å². The van der Waals surface area contributed by atoms with Gasteiger partial charge < -0.3 is 14.8 Å². The van der Waals surface area contributed by atoms with Crippen LogP contribution in [0.4, 0.5) is 5.69 Å². The summed E-state index contributed by atoms with van der Waals surface area (Å²) in [6.07, 6.45) is 1.10. The van der Waals surface area contributed by atoms with Crippen LogP contribution in [0.5, 0.6) is 5.75 Å². The second kappa shape index (κ2) is 10.3. The first-order valence-electron chi connectivity index (χ1n) is 10.2. The molecule has 0 aliphatic carbocycles. The minimum absolute atomic E-state index is 0.0249. The van der Waals surface area contributed by atoms with Crippen molar-refractivity contribution in [2.75, 3.05) is 32.1 Å². The zero-order valence-corrected chi connectivity index (χ0v) is 19.4. The van der Waals surface area contributed by atoms with Crippen molar-refractivity contribution in [1.82, 2.24) is 4.31 Å². The van der Waals surface area contributed by atoms with Crippen LogP contribution >= 0.6 is 11.6 Å². The van der Waals surface area contributed by atoms with E-state index in [4.69, 9.17) is 21.1 Å². The number of halogens is 1. The fourth-order valence-electron chi connectivity index (χ4n) is 3.51. The maximum Gasteiger partial charge on any atom is 0.338 e. The lowest BCUT2D eigenvalue weighted by molar-refractivity contribution is -0.120. The summed E-state index contributed by atoms with van der Waals surface area (Å²) in [5.74, 6) is -1.04. The summed E-state index contributed by atoms with van der Waals surface area (Å²) in [6.45, 7) is 2.35. The topological polar surface area (TPSA) is 102 Å². The number of rotatable bonds is 7. The van der Waals surface area contributed by atoms with Gasteiger partial charge in [0.05, 0.1) is 25.2 Å². The van der Waals surface area contributed by atoms with Crippen LogP contribution in [0, 0.1) is 5.92 Å². The zero-order chi connectivity index (χ0) is 23.3. The van der Waals surface area contributed by atoms with E-state index in [1.165, 1.54) is 23.5 Å². The van der Waals surface area contributed by atoms with Crippen LogP contribution in [0.15, 0.2) is 47.4 Å². The Kier molecular flexibility index (Phi) is 7.76. The van der Waals surface area contributed by atoms with Crippen molar-refractivity contribution >= 4 is 39.2 Å². The van der Waals surface area contributed by atoms with Gasteiger partial charge in [-0.15, -0.1) is 0 Å². The number of hydrogen-bond donors (Lipinski definition) is 1. The molecule has 0 saturated carbocycles. The molecule has 1 aliphatic rings. The Morgan fingerprint density at radius 3 is 2.56 bits per heavy atom. The number of benzene rings is 2. The monoisotopic (exact) mass is 480 g/mol. The van der Waals surface area contributed by atoms with Crippen molar-refractivity contribution in [3.05, 3.63) is 53.1 Å². The van der Waals surface area contributed by atoms with Crippen LogP contribution in [0.1, 0.15) is 30.1 Å². The number of amides is 1. The molecule has 1 fully saturated rings. The number of nitrogens with one attached hydrogen (secondary N) is 1. The Morgan fingerprint density at radius 1 is 1.19 bits per heavy atom. The fraction of sp³-hybridized carbons (Fsp3) is 0.364. The Hall–Kier alpha value is -2.62. The SMILES string of the molecule is CCOC(=O)c1ccc(NC(=O)[C@H]2CCCN(S(=O)(=O)c3cc(Cl)ccc3OC)C2)cc1. The predicted octanol–water partition coefficient (Wildman–Crippen LogP) is 3.56. The van der Waals surface area contributed by atoms with Crippen molar-refractivity contribution in [2.24, 2.45) is 5.92 Å². The number of hydrogen-bond acceptors (Lipinski definition) is 6. The molecular weight excluding hydrogens is 456 g/mol. The van der Waals surface area contributed by atoms with E-state index >= 15 is 0 Å². The van der Waals surface area contributed by atoms with Gasteiger partial charge in [0, 0.05) is 23.8 Å². The van der Waals surface area contributed by atoms with Crippen LogP contribution in [-0.4, -0.2) is 51.4 Å². The van der Waals surface area contributed by atoms with Crippen LogP contribution in [0.25, 0.3) is 0 Å². The summed E-state index contributed by atoms with van der Waals surface area (Å²) in [5, 5.41) is 3.07.